The van der Waals surface area contributed by atoms with Gasteiger partial charge in [-0.2, -0.15) is 0 Å². The van der Waals surface area contributed by atoms with Crippen LogP contribution in [0, 0.1) is 5.82 Å². The first-order chi connectivity index (χ1) is 16.1. The molecule has 0 radical (unpaired) electrons. The normalized spacial score (nSPS) is 22.4. The lowest BCUT2D eigenvalue weighted by Gasteiger charge is -2.36. The molecule has 2 heterocycles. The quantitative estimate of drug-likeness (QED) is 0.622. The van der Waals surface area contributed by atoms with Gasteiger partial charge >= 0.3 is 6.09 Å². The summed E-state index contributed by atoms with van der Waals surface area (Å²) >= 11 is 0. The molecule has 5 nitrogen and oxygen atoms in total. The van der Waals surface area contributed by atoms with Crippen molar-refractivity contribution < 1.29 is 18.3 Å². The summed E-state index contributed by atoms with van der Waals surface area (Å²) in [6, 6.07) is 12.9. The molecule has 2 fully saturated rings. The Hall–Kier alpha value is -2.67. The van der Waals surface area contributed by atoms with E-state index in [9.17, 15) is 13.6 Å². The van der Waals surface area contributed by atoms with Gasteiger partial charge in [-0.05, 0) is 66.1 Å². The molecule has 2 aliphatic heterocycles. The van der Waals surface area contributed by atoms with Crippen LogP contribution in [0.2, 0.25) is 0 Å². The number of hydrogen-bond acceptors (Lipinski definition) is 4. The number of likely N-dealkylation sites (tertiary alicyclic amines) is 1. The molecular weight excluding hydrogens is 424 g/mol. The molecule has 176 valence electrons. The molecule has 1 amide bonds. The molecule has 0 aromatic heterocycles. The first-order valence-corrected chi connectivity index (χ1v) is 12.0. The summed E-state index contributed by atoms with van der Waals surface area (Å²) < 4.78 is 31.5. The smallest absolute Gasteiger partial charge is 0.410 e. The lowest BCUT2D eigenvalue weighted by molar-refractivity contribution is 0.0694. The van der Waals surface area contributed by atoms with Crippen LogP contribution in [0.1, 0.15) is 47.9 Å². The SMILES string of the molecule is O=C(OCc1cccc(F)c1)N1CC[C@@H]2C[C@H]1c1cc(N3CCN(CCCF)CC3)ccc12. The number of ether oxygens (including phenoxy) is 1. The van der Waals surface area contributed by atoms with E-state index in [1.165, 1.54) is 28.9 Å². The molecule has 5 rings (SSSR count). The van der Waals surface area contributed by atoms with Crippen LogP contribution in [0.3, 0.4) is 0 Å². The Morgan fingerprint density at radius 1 is 1.03 bits per heavy atom. The molecule has 2 bridgehead atoms. The van der Waals surface area contributed by atoms with E-state index in [1.807, 2.05) is 4.90 Å². The number of amides is 1. The van der Waals surface area contributed by atoms with E-state index >= 15 is 0 Å². The fraction of sp³-hybridized carbons (Fsp3) is 0.500. The molecule has 0 N–H and O–H groups in total. The second-order valence-corrected chi connectivity index (χ2v) is 9.30. The van der Waals surface area contributed by atoms with Gasteiger partial charge in [0.05, 0.1) is 12.7 Å². The van der Waals surface area contributed by atoms with Crippen LogP contribution in [-0.2, 0) is 11.3 Å². The lowest BCUT2D eigenvalue weighted by Crippen LogP contribution is -2.46. The summed E-state index contributed by atoms with van der Waals surface area (Å²) in [7, 11) is 0. The Bertz CT molecular complexity index is 993. The number of rotatable bonds is 6. The van der Waals surface area contributed by atoms with Crippen molar-refractivity contribution in [1.82, 2.24) is 9.80 Å². The van der Waals surface area contributed by atoms with Crippen LogP contribution in [0.5, 0.6) is 0 Å². The molecule has 0 spiro atoms. The second kappa shape index (κ2) is 9.67. The fourth-order valence-corrected chi connectivity index (χ4v) is 5.55. The van der Waals surface area contributed by atoms with Crippen LogP contribution < -0.4 is 4.90 Å². The largest absolute Gasteiger partial charge is 0.445 e. The van der Waals surface area contributed by atoms with Crippen molar-refractivity contribution in [3.05, 3.63) is 65.0 Å². The minimum Gasteiger partial charge on any atom is -0.445 e. The Kier molecular flexibility index (Phi) is 6.49. The number of piperidine rings is 1. The van der Waals surface area contributed by atoms with Gasteiger partial charge in [-0.1, -0.05) is 18.2 Å². The van der Waals surface area contributed by atoms with Gasteiger partial charge in [-0.3, -0.25) is 9.29 Å². The number of anilines is 1. The van der Waals surface area contributed by atoms with Gasteiger partial charge in [0.2, 0.25) is 0 Å². The van der Waals surface area contributed by atoms with Crippen molar-refractivity contribution in [3.8, 4) is 0 Å². The van der Waals surface area contributed by atoms with E-state index in [1.54, 1.807) is 12.1 Å². The highest BCUT2D eigenvalue weighted by molar-refractivity contribution is 5.70. The predicted octanol–water partition coefficient (Wildman–Crippen LogP) is 4.88. The van der Waals surface area contributed by atoms with Crippen LogP contribution in [0.15, 0.2) is 42.5 Å². The number of alkyl halides is 1. The van der Waals surface area contributed by atoms with Gasteiger partial charge in [0, 0.05) is 45.0 Å². The maximum atomic E-state index is 13.4. The molecule has 2 aromatic carbocycles. The summed E-state index contributed by atoms with van der Waals surface area (Å²) in [5.41, 5.74) is 4.43. The van der Waals surface area contributed by atoms with Crippen LogP contribution in [0.25, 0.3) is 0 Å². The monoisotopic (exact) mass is 455 g/mol. The minimum atomic E-state index is -0.331. The second-order valence-electron chi connectivity index (χ2n) is 9.30. The number of hydrogen-bond donors (Lipinski definition) is 0. The number of benzene rings is 2. The molecule has 2 atom stereocenters. The van der Waals surface area contributed by atoms with Crippen molar-refractivity contribution in [2.45, 2.75) is 37.8 Å². The minimum absolute atomic E-state index is 0.0320. The van der Waals surface area contributed by atoms with Crippen molar-refractivity contribution >= 4 is 11.8 Å². The summed E-state index contributed by atoms with van der Waals surface area (Å²) in [6.45, 7) is 5.07. The number of fused-ring (bicyclic) bond motifs is 5. The maximum Gasteiger partial charge on any atom is 0.410 e. The third-order valence-corrected chi connectivity index (χ3v) is 7.30. The van der Waals surface area contributed by atoms with Gasteiger partial charge in [-0.15, -0.1) is 0 Å². The average molecular weight is 456 g/mol. The molecule has 1 aliphatic carbocycles. The zero-order chi connectivity index (χ0) is 22.8. The third kappa shape index (κ3) is 4.69. The summed E-state index contributed by atoms with van der Waals surface area (Å²) in [4.78, 5) is 19.5. The van der Waals surface area contributed by atoms with E-state index < -0.39 is 0 Å². The molecule has 0 unspecified atom stereocenters. The Labute approximate surface area is 193 Å². The molecule has 0 saturated carbocycles. The molecule has 2 saturated heterocycles. The van der Waals surface area contributed by atoms with Crippen molar-refractivity contribution in [2.24, 2.45) is 0 Å². The highest BCUT2D eigenvalue weighted by Gasteiger charge is 2.41. The van der Waals surface area contributed by atoms with E-state index in [0.29, 0.717) is 24.4 Å². The number of halogens is 2. The van der Waals surface area contributed by atoms with E-state index in [0.717, 1.165) is 45.6 Å². The highest BCUT2D eigenvalue weighted by atomic mass is 19.1. The van der Waals surface area contributed by atoms with Gasteiger partial charge in [0.25, 0.3) is 0 Å². The van der Waals surface area contributed by atoms with Crippen LogP contribution in [-0.4, -0.2) is 61.8 Å². The van der Waals surface area contributed by atoms with Crippen LogP contribution in [0.4, 0.5) is 19.3 Å². The maximum absolute atomic E-state index is 13.4. The van der Waals surface area contributed by atoms with Crippen LogP contribution >= 0.6 is 0 Å². The Morgan fingerprint density at radius 2 is 1.88 bits per heavy atom. The van der Waals surface area contributed by atoms with E-state index in [2.05, 4.69) is 28.0 Å². The van der Waals surface area contributed by atoms with Crippen molar-refractivity contribution in [3.63, 3.8) is 0 Å². The first kappa shape index (κ1) is 22.1. The zero-order valence-electron chi connectivity index (χ0n) is 18.9. The highest BCUT2D eigenvalue weighted by Crippen LogP contribution is 2.50. The Balaban J connectivity index is 1.26. The summed E-state index contributed by atoms with van der Waals surface area (Å²) in [6.07, 6.45) is 2.14. The fourth-order valence-electron chi connectivity index (χ4n) is 5.55. The van der Waals surface area contributed by atoms with Crippen molar-refractivity contribution in [2.75, 3.05) is 50.8 Å². The molecule has 2 aromatic rings. The average Bonchev–Trinajstić information content (AvgIpc) is 3.12. The van der Waals surface area contributed by atoms with Gasteiger partial charge in [0.1, 0.15) is 12.4 Å². The number of piperazine rings is 1. The summed E-state index contributed by atoms with van der Waals surface area (Å²) in [5.74, 6) is 0.161. The predicted molar refractivity (Wildman–Crippen MR) is 124 cm³/mol. The van der Waals surface area contributed by atoms with E-state index in [4.69, 9.17) is 4.74 Å². The standard InChI is InChI=1S/C26H31F2N3O2/c27-8-2-9-29-11-13-30(14-12-29)22-5-6-23-20-7-10-31(25(16-20)24(23)17-22)26(32)33-18-19-3-1-4-21(28)15-19/h1,3-6,15,17,20,25H,2,7-14,16,18H2/t20-,25+/m1/s1. The molecular formula is C26H31F2N3O2. The zero-order valence-corrected chi connectivity index (χ0v) is 18.9. The number of carbonyl (C=O) groups excluding carboxylic acids is 1. The van der Waals surface area contributed by atoms with Gasteiger partial charge in [0.15, 0.2) is 0 Å². The van der Waals surface area contributed by atoms with Crippen molar-refractivity contribution in [1.29, 1.82) is 0 Å². The topological polar surface area (TPSA) is 36.0 Å². The number of carbonyl (C=O) groups is 1. The molecule has 33 heavy (non-hydrogen) atoms. The lowest BCUT2D eigenvalue weighted by atomic mass is 9.96. The summed E-state index contributed by atoms with van der Waals surface area (Å²) in [5, 5.41) is 0. The molecule has 3 aliphatic rings. The van der Waals surface area contributed by atoms with Gasteiger partial charge < -0.3 is 14.5 Å². The van der Waals surface area contributed by atoms with Gasteiger partial charge in [-0.25, -0.2) is 9.18 Å². The molecule has 7 heteroatoms. The van der Waals surface area contributed by atoms with E-state index in [-0.39, 0.29) is 31.2 Å². The Morgan fingerprint density at radius 3 is 2.67 bits per heavy atom. The number of nitrogens with zero attached hydrogens (tertiary/aromatic N) is 3. The third-order valence-electron chi connectivity index (χ3n) is 7.30. The first-order valence-electron chi connectivity index (χ1n) is 12.0.